The van der Waals surface area contributed by atoms with Crippen molar-refractivity contribution in [2.75, 3.05) is 11.9 Å². The average molecular weight is 403 g/mol. The van der Waals surface area contributed by atoms with Gasteiger partial charge in [0, 0.05) is 18.7 Å². The highest BCUT2D eigenvalue weighted by Crippen LogP contribution is 2.23. The zero-order valence-electron chi connectivity index (χ0n) is 17.1. The van der Waals surface area contributed by atoms with E-state index in [1.807, 2.05) is 24.3 Å². The second kappa shape index (κ2) is 9.85. The summed E-state index contributed by atoms with van der Waals surface area (Å²) in [6.07, 6.45) is 1.63. The third-order valence-corrected chi connectivity index (χ3v) is 6.61. The van der Waals surface area contributed by atoms with Crippen molar-refractivity contribution in [1.82, 2.24) is 4.72 Å². The molecular weight excluding hydrogens is 372 g/mol. The number of anilines is 1. The lowest BCUT2D eigenvalue weighted by molar-refractivity contribution is -0.116. The minimum absolute atomic E-state index is 0.0642. The minimum Gasteiger partial charge on any atom is -0.326 e. The first-order valence-electron chi connectivity index (χ1n) is 9.65. The van der Waals surface area contributed by atoms with Crippen LogP contribution in [0.4, 0.5) is 5.69 Å². The van der Waals surface area contributed by atoms with E-state index in [-0.39, 0.29) is 5.91 Å². The molecule has 0 saturated carbocycles. The van der Waals surface area contributed by atoms with Crippen LogP contribution in [0.15, 0.2) is 42.5 Å². The van der Waals surface area contributed by atoms with Crippen LogP contribution in [-0.2, 0) is 14.8 Å². The van der Waals surface area contributed by atoms with Gasteiger partial charge in [-0.15, -0.1) is 0 Å². The van der Waals surface area contributed by atoms with Crippen LogP contribution >= 0.6 is 0 Å². The predicted molar refractivity (Wildman–Crippen MR) is 116 cm³/mol. The van der Waals surface area contributed by atoms with Gasteiger partial charge in [0.1, 0.15) is 0 Å². The summed E-state index contributed by atoms with van der Waals surface area (Å²) in [5, 5.41) is 2.45. The molecule has 1 amide bonds. The first-order valence-corrected chi connectivity index (χ1v) is 11.2. The molecule has 0 atom stereocenters. The van der Waals surface area contributed by atoms with E-state index in [4.69, 9.17) is 0 Å². The lowest BCUT2D eigenvalue weighted by Crippen LogP contribution is -2.31. The molecular formula is C22H30N2O3S. The summed E-state index contributed by atoms with van der Waals surface area (Å²) in [4.78, 5) is 12.1. The Bertz CT molecular complexity index is 904. The van der Waals surface area contributed by atoms with Crippen LogP contribution in [0.2, 0.25) is 0 Å². The first-order chi connectivity index (χ1) is 13.2. The predicted octanol–water partition coefficient (Wildman–Crippen LogP) is 4.41. The van der Waals surface area contributed by atoms with Gasteiger partial charge in [-0.3, -0.25) is 4.79 Å². The molecule has 0 heterocycles. The van der Waals surface area contributed by atoms with E-state index in [9.17, 15) is 13.2 Å². The maximum atomic E-state index is 12.1. The van der Waals surface area contributed by atoms with Gasteiger partial charge in [-0.1, -0.05) is 30.3 Å². The van der Waals surface area contributed by atoms with Gasteiger partial charge in [0.05, 0.1) is 5.25 Å². The fourth-order valence-corrected chi connectivity index (χ4v) is 3.44. The molecule has 28 heavy (non-hydrogen) atoms. The number of nitrogens with one attached hydrogen (secondary N) is 2. The van der Waals surface area contributed by atoms with Crippen molar-refractivity contribution in [3.05, 3.63) is 53.6 Å². The van der Waals surface area contributed by atoms with Gasteiger partial charge in [0.2, 0.25) is 15.9 Å². The average Bonchev–Trinajstić information content (AvgIpc) is 2.64. The van der Waals surface area contributed by atoms with Gasteiger partial charge < -0.3 is 5.32 Å². The van der Waals surface area contributed by atoms with Gasteiger partial charge in [-0.2, -0.15) is 0 Å². The van der Waals surface area contributed by atoms with Crippen molar-refractivity contribution in [1.29, 1.82) is 0 Å². The van der Waals surface area contributed by atoms with Gasteiger partial charge in [-0.05, 0) is 74.9 Å². The van der Waals surface area contributed by atoms with E-state index >= 15 is 0 Å². The largest absolute Gasteiger partial charge is 0.326 e. The third-order valence-electron chi connectivity index (χ3n) is 4.76. The standard InChI is InChI=1S/C22H30N2O3S/c1-16(2)28(26,27)23-14-6-5-7-22(25)24-21-12-10-19(11-13-21)20-9-8-17(3)18(4)15-20/h8-13,15-16,23H,5-7,14H2,1-4H3,(H,24,25). The van der Waals surface area contributed by atoms with Crippen molar-refractivity contribution >= 4 is 21.6 Å². The Morgan fingerprint density at radius 1 is 0.929 bits per heavy atom. The number of benzene rings is 2. The summed E-state index contributed by atoms with van der Waals surface area (Å²) in [6.45, 7) is 7.83. The number of hydrogen-bond donors (Lipinski definition) is 2. The molecule has 2 aromatic carbocycles. The van der Waals surface area contributed by atoms with E-state index in [0.29, 0.717) is 25.8 Å². The SMILES string of the molecule is Cc1ccc(-c2ccc(NC(=O)CCCCNS(=O)(=O)C(C)C)cc2)cc1C. The van der Waals surface area contributed by atoms with Crippen molar-refractivity contribution in [3.8, 4) is 11.1 Å². The number of rotatable bonds is 9. The molecule has 0 unspecified atom stereocenters. The van der Waals surface area contributed by atoms with E-state index < -0.39 is 15.3 Å². The summed E-state index contributed by atoms with van der Waals surface area (Å²) in [5.74, 6) is -0.0642. The molecule has 2 aromatic rings. The molecule has 0 bridgehead atoms. The molecule has 0 fully saturated rings. The quantitative estimate of drug-likeness (QED) is 0.610. The van der Waals surface area contributed by atoms with E-state index in [1.165, 1.54) is 11.1 Å². The second-order valence-corrected chi connectivity index (χ2v) is 9.69. The van der Waals surface area contributed by atoms with Gasteiger partial charge in [0.25, 0.3) is 0 Å². The Balaban J connectivity index is 1.79. The van der Waals surface area contributed by atoms with Crippen LogP contribution in [-0.4, -0.2) is 26.1 Å². The Hall–Kier alpha value is -2.18. The number of sulfonamides is 1. The molecule has 152 valence electrons. The van der Waals surface area contributed by atoms with Gasteiger partial charge in [0.15, 0.2) is 0 Å². The van der Waals surface area contributed by atoms with Crippen molar-refractivity contribution in [2.24, 2.45) is 0 Å². The van der Waals surface area contributed by atoms with E-state index in [1.54, 1.807) is 13.8 Å². The smallest absolute Gasteiger partial charge is 0.224 e. The van der Waals surface area contributed by atoms with Crippen LogP contribution in [0, 0.1) is 13.8 Å². The highest BCUT2D eigenvalue weighted by atomic mass is 32.2. The molecule has 0 saturated heterocycles. The number of hydrogen-bond acceptors (Lipinski definition) is 3. The van der Waals surface area contributed by atoms with Gasteiger partial charge in [-0.25, -0.2) is 13.1 Å². The molecule has 0 radical (unpaired) electrons. The fourth-order valence-electron chi connectivity index (χ4n) is 2.68. The second-order valence-electron chi connectivity index (χ2n) is 7.37. The number of aryl methyl sites for hydroxylation is 2. The maximum absolute atomic E-state index is 12.1. The van der Waals surface area contributed by atoms with E-state index in [2.05, 4.69) is 42.1 Å². The van der Waals surface area contributed by atoms with Crippen molar-refractivity contribution in [2.45, 2.75) is 52.2 Å². The molecule has 2 rings (SSSR count). The van der Waals surface area contributed by atoms with Crippen LogP contribution in [0.5, 0.6) is 0 Å². The first kappa shape index (κ1) is 22.1. The minimum atomic E-state index is -3.23. The highest BCUT2D eigenvalue weighted by Gasteiger charge is 2.14. The lowest BCUT2D eigenvalue weighted by Gasteiger charge is -2.10. The Kier molecular flexibility index (Phi) is 7.78. The fraction of sp³-hybridized carbons (Fsp3) is 0.409. The van der Waals surface area contributed by atoms with Gasteiger partial charge >= 0.3 is 0 Å². The summed E-state index contributed by atoms with van der Waals surface area (Å²) < 4.78 is 25.8. The van der Waals surface area contributed by atoms with Crippen LogP contribution < -0.4 is 10.0 Å². The summed E-state index contributed by atoms with van der Waals surface area (Å²) in [6, 6.07) is 14.2. The number of carbonyl (C=O) groups excluding carboxylic acids is 1. The highest BCUT2D eigenvalue weighted by molar-refractivity contribution is 7.90. The molecule has 0 aromatic heterocycles. The number of carbonyl (C=O) groups is 1. The van der Waals surface area contributed by atoms with Crippen LogP contribution in [0.1, 0.15) is 44.2 Å². The Morgan fingerprint density at radius 2 is 1.57 bits per heavy atom. The van der Waals surface area contributed by atoms with Crippen LogP contribution in [0.3, 0.4) is 0 Å². The summed E-state index contributed by atoms with van der Waals surface area (Å²) in [7, 11) is -3.23. The third kappa shape index (κ3) is 6.46. The molecule has 0 aliphatic carbocycles. The summed E-state index contributed by atoms with van der Waals surface area (Å²) in [5.41, 5.74) is 5.55. The Morgan fingerprint density at radius 3 is 2.18 bits per heavy atom. The monoisotopic (exact) mass is 402 g/mol. The van der Waals surface area contributed by atoms with Crippen molar-refractivity contribution in [3.63, 3.8) is 0 Å². The molecule has 0 aliphatic rings. The molecule has 5 nitrogen and oxygen atoms in total. The molecule has 0 spiro atoms. The normalized spacial score (nSPS) is 11.6. The van der Waals surface area contributed by atoms with E-state index in [0.717, 1.165) is 16.8 Å². The topological polar surface area (TPSA) is 75.3 Å². The number of unbranched alkanes of at least 4 members (excludes halogenated alkanes) is 1. The maximum Gasteiger partial charge on any atom is 0.224 e. The Labute approximate surface area is 168 Å². The molecule has 2 N–H and O–H groups in total. The van der Waals surface area contributed by atoms with Crippen molar-refractivity contribution < 1.29 is 13.2 Å². The number of amides is 1. The van der Waals surface area contributed by atoms with Crippen LogP contribution in [0.25, 0.3) is 11.1 Å². The molecule has 0 aliphatic heterocycles. The summed E-state index contributed by atoms with van der Waals surface area (Å²) >= 11 is 0. The zero-order valence-corrected chi connectivity index (χ0v) is 17.9. The zero-order chi connectivity index (χ0) is 20.7. The molecule has 6 heteroatoms. The lowest BCUT2D eigenvalue weighted by atomic mass is 10.0.